The molecular formula is C15H18N2O2S. The number of hydrogen-bond donors (Lipinski definition) is 2. The van der Waals surface area contributed by atoms with Crippen molar-refractivity contribution in [2.24, 2.45) is 0 Å². The Morgan fingerprint density at radius 3 is 2.70 bits per heavy atom. The van der Waals surface area contributed by atoms with Crippen LogP contribution in [0.2, 0.25) is 0 Å². The largest absolute Gasteiger partial charge is 0.478 e. The zero-order valence-electron chi connectivity index (χ0n) is 11.5. The third kappa shape index (κ3) is 3.11. The predicted molar refractivity (Wildman–Crippen MR) is 83.5 cm³/mol. The number of rotatable bonds is 5. The summed E-state index contributed by atoms with van der Waals surface area (Å²) in [5, 5.41) is 11.2. The quantitative estimate of drug-likeness (QED) is 0.828. The number of hydrogen-bond acceptors (Lipinski definition) is 4. The number of benzene rings is 1. The molecular weight excluding hydrogens is 272 g/mol. The molecule has 106 valence electrons. The average molecular weight is 290 g/mol. The van der Waals surface area contributed by atoms with Crippen LogP contribution in [-0.2, 0) is 6.54 Å². The smallest absolute Gasteiger partial charge is 0.337 e. The van der Waals surface area contributed by atoms with E-state index in [1.165, 1.54) is 4.88 Å². The zero-order valence-corrected chi connectivity index (χ0v) is 12.4. The number of nitrogen functional groups attached to an aromatic ring is 1. The molecule has 3 N–H and O–H groups in total. The normalized spacial score (nSPS) is 10.8. The van der Waals surface area contributed by atoms with Crippen LogP contribution in [-0.4, -0.2) is 17.1 Å². The summed E-state index contributed by atoms with van der Waals surface area (Å²) in [5.74, 6) is -0.996. The van der Waals surface area contributed by atoms with Gasteiger partial charge in [0.2, 0.25) is 0 Å². The molecule has 0 saturated carbocycles. The Kier molecular flexibility index (Phi) is 4.29. The standard InChI is InChI=1S/C15H18N2O2S/c1-10(2)17(9-12-4-3-7-20-12)11-5-6-14(16)13(8-11)15(18)19/h3-8,10H,9,16H2,1-2H3,(H,18,19). The van der Waals surface area contributed by atoms with Crippen molar-refractivity contribution in [2.75, 3.05) is 10.6 Å². The lowest BCUT2D eigenvalue weighted by molar-refractivity contribution is 0.0698. The van der Waals surface area contributed by atoms with Crippen LogP contribution in [0, 0.1) is 0 Å². The fraction of sp³-hybridized carbons (Fsp3) is 0.267. The molecule has 2 aromatic rings. The summed E-state index contributed by atoms with van der Waals surface area (Å²) >= 11 is 1.69. The van der Waals surface area contributed by atoms with E-state index in [0.717, 1.165) is 12.2 Å². The molecule has 0 spiro atoms. The van der Waals surface area contributed by atoms with E-state index in [0.29, 0.717) is 5.69 Å². The molecule has 0 bridgehead atoms. The Hall–Kier alpha value is -2.01. The van der Waals surface area contributed by atoms with Gasteiger partial charge in [-0.25, -0.2) is 4.79 Å². The number of carbonyl (C=O) groups is 1. The van der Waals surface area contributed by atoms with E-state index in [-0.39, 0.29) is 11.6 Å². The van der Waals surface area contributed by atoms with Gasteiger partial charge in [-0.1, -0.05) is 6.07 Å². The zero-order chi connectivity index (χ0) is 14.7. The minimum absolute atomic E-state index is 0.152. The van der Waals surface area contributed by atoms with E-state index < -0.39 is 5.97 Å². The van der Waals surface area contributed by atoms with Crippen molar-refractivity contribution in [3.8, 4) is 0 Å². The van der Waals surface area contributed by atoms with Crippen LogP contribution in [0.15, 0.2) is 35.7 Å². The second-order valence-corrected chi connectivity index (χ2v) is 5.91. The Bertz CT molecular complexity index is 594. The van der Waals surface area contributed by atoms with E-state index in [1.54, 1.807) is 23.5 Å². The van der Waals surface area contributed by atoms with Crippen LogP contribution in [0.3, 0.4) is 0 Å². The minimum Gasteiger partial charge on any atom is -0.478 e. The maximum atomic E-state index is 11.2. The predicted octanol–water partition coefficient (Wildman–Crippen LogP) is 3.44. The Labute approximate surface area is 122 Å². The van der Waals surface area contributed by atoms with Crippen LogP contribution in [0.4, 0.5) is 11.4 Å². The van der Waals surface area contributed by atoms with E-state index in [4.69, 9.17) is 5.73 Å². The van der Waals surface area contributed by atoms with Gasteiger partial charge in [0.15, 0.2) is 0 Å². The third-order valence-corrected chi connectivity index (χ3v) is 3.99. The highest BCUT2D eigenvalue weighted by atomic mass is 32.1. The Balaban J connectivity index is 2.34. The van der Waals surface area contributed by atoms with Crippen molar-refractivity contribution in [3.05, 3.63) is 46.2 Å². The summed E-state index contributed by atoms with van der Waals surface area (Å²) in [5.41, 5.74) is 7.03. The van der Waals surface area contributed by atoms with Crippen molar-refractivity contribution in [1.29, 1.82) is 0 Å². The number of aromatic carboxylic acids is 1. The van der Waals surface area contributed by atoms with Gasteiger partial charge >= 0.3 is 5.97 Å². The van der Waals surface area contributed by atoms with Crippen molar-refractivity contribution in [1.82, 2.24) is 0 Å². The summed E-state index contributed by atoms with van der Waals surface area (Å²) in [6.45, 7) is 4.94. The maximum Gasteiger partial charge on any atom is 0.337 e. The number of nitrogens with two attached hydrogens (primary N) is 1. The van der Waals surface area contributed by atoms with Gasteiger partial charge in [0.25, 0.3) is 0 Å². The molecule has 0 aliphatic heterocycles. The van der Waals surface area contributed by atoms with Crippen molar-refractivity contribution >= 4 is 28.7 Å². The van der Waals surface area contributed by atoms with Crippen LogP contribution in [0.25, 0.3) is 0 Å². The lowest BCUT2D eigenvalue weighted by Crippen LogP contribution is -2.30. The van der Waals surface area contributed by atoms with Gasteiger partial charge in [-0.2, -0.15) is 0 Å². The van der Waals surface area contributed by atoms with Gasteiger partial charge in [0, 0.05) is 22.3 Å². The molecule has 4 nitrogen and oxygen atoms in total. The third-order valence-electron chi connectivity index (χ3n) is 3.13. The molecule has 5 heteroatoms. The SMILES string of the molecule is CC(C)N(Cc1cccs1)c1ccc(N)c(C(=O)O)c1. The number of anilines is 2. The molecule has 0 fully saturated rings. The van der Waals surface area contributed by atoms with Gasteiger partial charge in [-0.15, -0.1) is 11.3 Å². The van der Waals surface area contributed by atoms with E-state index in [1.807, 2.05) is 17.5 Å². The molecule has 0 unspecified atom stereocenters. The molecule has 0 aliphatic rings. The lowest BCUT2D eigenvalue weighted by Gasteiger charge is -2.29. The highest BCUT2D eigenvalue weighted by Gasteiger charge is 2.15. The van der Waals surface area contributed by atoms with Gasteiger partial charge in [-0.05, 0) is 43.5 Å². The summed E-state index contributed by atoms with van der Waals surface area (Å²) in [7, 11) is 0. The van der Waals surface area contributed by atoms with Crippen LogP contribution in [0.1, 0.15) is 29.1 Å². The first-order valence-electron chi connectivity index (χ1n) is 6.41. The van der Waals surface area contributed by atoms with Crippen LogP contribution < -0.4 is 10.6 Å². The molecule has 1 aromatic carbocycles. The summed E-state index contributed by atoms with van der Waals surface area (Å²) < 4.78 is 0. The van der Waals surface area contributed by atoms with Crippen LogP contribution >= 0.6 is 11.3 Å². The Morgan fingerprint density at radius 1 is 1.40 bits per heavy atom. The fourth-order valence-electron chi connectivity index (χ4n) is 2.05. The topological polar surface area (TPSA) is 66.6 Å². The van der Waals surface area contributed by atoms with Gasteiger partial charge in [0.1, 0.15) is 0 Å². The molecule has 0 saturated heterocycles. The summed E-state index contributed by atoms with van der Waals surface area (Å²) in [6.07, 6.45) is 0. The maximum absolute atomic E-state index is 11.2. The highest BCUT2D eigenvalue weighted by Crippen LogP contribution is 2.25. The van der Waals surface area contributed by atoms with Crippen molar-refractivity contribution in [3.63, 3.8) is 0 Å². The lowest BCUT2D eigenvalue weighted by atomic mass is 10.1. The molecule has 20 heavy (non-hydrogen) atoms. The van der Waals surface area contributed by atoms with Gasteiger partial charge in [0.05, 0.1) is 12.1 Å². The first kappa shape index (κ1) is 14.4. The van der Waals surface area contributed by atoms with E-state index in [9.17, 15) is 9.90 Å². The number of carboxylic acid groups (broad SMARTS) is 1. The second-order valence-electron chi connectivity index (χ2n) is 4.88. The molecule has 0 aliphatic carbocycles. The molecule has 0 radical (unpaired) electrons. The molecule has 0 atom stereocenters. The van der Waals surface area contributed by atoms with E-state index in [2.05, 4.69) is 24.8 Å². The molecule has 1 heterocycles. The molecule has 0 amide bonds. The number of thiophene rings is 1. The Morgan fingerprint density at radius 2 is 2.15 bits per heavy atom. The van der Waals surface area contributed by atoms with Crippen molar-refractivity contribution < 1.29 is 9.90 Å². The average Bonchev–Trinajstić information content (AvgIpc) is 2.89. The second kappa shape index (κ2) is 5.96. The minimum atomic E-state index is -0.996. The van der Waals surface area contributed by atoms with E-state index >= 15 is 0 Å². The van der Waals surface area contributed by atoms with Crippen LogP contribution in [0.5, 0.6) is 0 Å². The van der Waals surface area contributed by atoms with Gasteiger partial charge in [-0.3, -0.25) is 0 Å². The first-order valence-corrected chi connectivity index (χ1v) is 7.29. The first-order chi connectivity index (χ1) is 9.49. The number of nitrogens with zero attached hydrogens (tertiary/aromatic N) is 1. The number of carboxylic acids is 1. The fourth-order valence-corrected chi connectivity index (χ4v) is 2.75. The van der Waals surface area contributed by atoms with Gasteiger partial charge < -0.3 is 15.7 Å². The summed E-state index contributed by atoms with van der Waals surface area (Å²) in [4.78, 5) is 14.6. The van der Waals surface area contributed by atoms with Crippen molar-refractivity contribution in [2.45, 2.75) is 26.4 Å². The molecule has 1 aromatic heterocycles. The summed E-state index contributed by atoms with van der Waals surface area (Å²) in [6, 6.07) is 9.53. The highest BCUT2D eigenvalue weighted by molar-refractivity contribution is 7.09. The molecule has 2 rings (SSSR count). The monoisotopic (exact) mass is 290 g/mol.